The van der Waals surface area contributed by atoms with Gasteiger partial charge in [-0.1, -0.05) is 6.58 Å². The van der Waals surface area contributed by atoms with Gasteiger partial charge in [-0.2, -0.15) is 0 Å². The lowest BCUT2D eigenvalue weighted by Gasteiger charge is -2.42. The van der Waals surface area contributed by atoms with E-state index in [1.807, 2.05) is 32.9 Å². The maximum Gasteiger partial charge on any atom is 0.423 e. The van der Waals surface area contributed by atoms with E-state index in [0.717, 1.165) is 56.1 Å². The Kier molecular flexibility index (Phi) is 4.99. The third kappa shape index (κ3) is 3.73. The molecule has 2 aliphatic carbocycles. The van der Waals surface area contributed by atoms with Crippen LogP contribution in [-0.2, 0) is 19.0 Å². The van der Waals surface area contributed by atoms with Crippen LogP contribution < -0.4 is 0 Å². The highest BCUT2D eigenvalue weighted by Crippen LogP contribution is 2.42. The zero-order valence-corrected chi connectivity index (χ0v) is 13.8. The summed E-state index contributed by atoms with van der Waals surface area (Å²) >= 11 is 0. The number of hydrogen-bond acceptors (Lipinski definition) is 4. The van der Waals surface area contributed by atoms with Crippen LogP contribution in [0.3, 0.4) is 0 Å². The topological polar surface area (TPSA) is 44.8 Å². The standard InChI is InChI=1S/C18H26O4/c1-5-16(19)22-18(17(2,3)4,20-14-10-6-7-11-14)21-15-12-8-9-13-15/h5,10,12H,1,6-9,11,13H2,2-4H3. The van der Waals surface area contributed by atoms with Crippen molar-refractivity contribution in [2.45, 2.75) is 65.3 Å². The van der Waals surface area contributed by atoms with E-state index in [2.05, 4.69) is 6.58 Å². The summed E-state index contributed by atoms with van der Waals surface area (Å²) in [7, 11) is 0. The largest absolute Gasteiger partial charge is 0.425 e. The molecule has 0 N–H and O–H groups in total. The van der Waals surface area contributed by atoms with Gasteiger partial charge in [-0.15, -0.1) is 0 Å². The lowest BCUT2D eigenvalue weighted by atomic mass is 9.92. The first-order chi connectivity index (χ1) is 10.4. The molecule has 0 unspecified atom stereocenters. The zero-order chi connectivity index (χ0) is 16.2. The fraction of sp³-hybridized carbons (Fsp3) is 0.611. The van der Waals surface area contributed by atoms with E-state index in [0.29, 0.717) is 0 Å². The monoisotopic (exact) mass is 306 g/mol. The van der Waals surface area contributed by atoms with Crippen molar-refractivity contribution >= 4 is 5.97 Å². The Labute approximate surface area is 132 Å². The average Bonchev–Trinajstić information content (AvgIpc) is 3.10. The van der Waals surface area contributed by atoms with Crippen LogP contribution in [0.1, 0.15) is 59.3 Å². The van der Waals surface area contributed by atoms with Crippen LogP contribution in [-0.4, -0.2) is 11.9 Å². The first kappa shape index (κ1) is 16.7. The van der Waals surface area contributed by atoms with Crippen molar-refractivity contribution in [3.63, 3.8) is 0 Å². The summed E-state index contributed by atoms with van der Waals surface area (Å²) in [5.74, 6) is -0.368. The Morgan fingerprint density at radius 3 is 1.91 bits per heavy atom. The molecule has 0 heterocycles. The van der Waals surface area contributed by atoms with E-state index in [1.54, 1.807) is 0 Å². The average molecular weight is 306 g/mol. The molecule has 2 aliphatic rings. The molecule has 0 saturated heterocycles. The molecule has 0 radical (unpaired) electrons. The molecule has 0 aromatic heterocycles. The van der Waals surface area contributed by atoms with Crippen LogP contribution in [0, 0.1) is 5.41 Å². The van der Waals surface area contributed by atoms with Crippen molar-refractivity contribution in [3.8, 4) is 0 Å². The molecule has 4 nitrogen and oxygen atoms in total. The third-order valence-electron chi connectivity index (χ3n) is 3.85. The molecule has 0 aliphatic heterocycles. The minimum absolute atomic E-state index is 0.549. The second kappa shape index (κ2) is 6.59. The van der Waals surface area contributed by atoms with Gasteiger partial charge in [0, 0.05) is 18.9 Å². The van der Waals surface area contributed by atoms with E-state index >= 15 is 0 Å². The van der Waals surface area contributed by atoms with E-state index < -0.39 is 17.4 Å². The molecule has 0 aromatic carbocycles. The van der Waals surface area contributed by atoms with E-state index in [-0.39, 0.29) is 0 Å². The second-order valence-corrected chi connectivity index (χ2v) is 6.76. The maximum atomic E-state index is 11.9. The Hall–Kier alpha value is -1.71. The Balaban J connectivity index is 2.31. The highest BCUT2D eigenvalue weighted by molar-refractivity contribution is 5.81. The summed E-state index contributed by atoms with van der Waals surface area (Å²) in [5.41, 5.74) is -0.557. The predicted molar refractivity (Wildman–Crippen MR) is 84.5 cm³/mol. The summed E-state index contributed by atoms with van der Waals surface area (Å²) in [6.07, 6.45) is 10.9. The van der Waals surface area contributed by atoms with Crippen molar-refractivity contribution in [1.82, 2.24) is 0 Å². The number of carbonyl (C=O) groups is 1. The molecule has 0 spiro atoms. The van der Waals surface area contributed by atoms with Crippen molar-refractivity contribution in [1.29, 1.82) is 0 Å². The van der Waals surface area contributed by atoms with Crippen LogP contribution in [0.25, 0.3) is 0 Å². The first-order valence-corrected chi connectivity index (χ1v) is 7.98. The zero-order valence-electron chi connectivity index (χ0n) is 13.8. The molecule has 0 amide bonds. The van der Waals surface area contributed by atoms with Gasteiger partial charge in [0.25, 0.3) is 0 Å². The SMILES string of the molecule is C=CC(=O)OC(OC1=CCCC1)(OC1=CCCC1)C(C)(C)C. The molecule has 22 heavy (non-hydrogen) atoms. The fourth-order valence-corrected chi connectivity index (χ4v) is 2.51. The second-order valence-electron chi connectivity index (χ2n) is 6.76. The van der Waals surface area contributed by atoms with Crippen molar-refractivity contribution in [2.24, 2.45) is 5.41 Å². The number of ether oxygens (including phenoxy) is 3. The van der Waals surface area contributed by atoms with Gasteiger partial charge in [0.1, 0.15) is 11.5 Å². The van der Waals surface area contributed by atoms with E-state index in [1.165, 1.54) is 0 Å². The molecule has 0 bridgehead atoms. The van der Waals surface area contributed by atoms with E-state index in [4.69, 9.17) is 14.2 Å². The van der Waals surface area contributed by atoms with Gasteiger partial charge in [0.2, 0.25) is 0 Å². The quantitative estimate of drug-likeness (QED) is 0.409. The fourth-order valence-electron chi connectivity index (χ4n) is 2.51. The minimum atomic E-state index is -1.47. The van der Waals surface area contributed by atoms with Crippen molar-refractivity contribution in [2.75, 3.05) is 0 Å². The molecule has 0 atom stereocenters. The Bertz CT molecular complexity index is 468. The van der Waals surface area contributed by atoms with Gasteiger partial charge in [-0.25, -0.2) is 4.79 Å². The highest BCUT2D eigenvalue weighted by atomic mass is 16.9. The van der Waals surface area contributed by atoms with E-state index in [9.17, 15) is 4.79 Å². The van der Waals surface area contributed by atoms with Crippen LogP contribution >= 0.6 is 0 Å². The van der Waals surface area contributed by atoms with Gasteiger partial charge in [-0.05, 0) is 58.6 Å². The van der Waals surface area contributed by atoms with Crippen molar-refractivity contribution in [3.05, 3.63) is 36.3 Å². The van der Waals surface area contributed by atoms with Crippen molar-refractivity contribution < 1.29 is 19.0 Å². The number of rotatable bonds is 6. The summed E-state index contributed by atoms with van der Waals surface area (Å²) < 4.78 is 17.8. The molecule has 4 heteroatoms. The summed E-state index contributed by atoms with van der Waals surface area (Å²) in [6.45, 7) is 9.29. The van der Waals surface area contributed by atoms with Gasteiger partial charge in [0.15, 0.2) is 0 Å². The molecule has 2 rings (SSSR count). The third-order valence-corrected chi connectivity index (χ3v) is 3.85. The smallest absolute Gasteiger partial charge is 0.423 e. The summed E-state index contributed by atoms with van der Waals surface area (Å²) in [4.78, 5) is 11.9. The lowest BCUT2D eigenvalue weighted by molar-refractivity contribution is -0.378. The normalized spacial score (nSPS) is 18.5. The van der Waals surface area contributed by atoms with Crippen LogP contribution in [0.15, 0.2) is 36.3 Å². The first-order valence-electron chi connectivity index (χ1n) is 7.98. The van der Waals surface area contributed by atoms with Gasteiger partial charge in [0.05, 0.1) is 5.41 Å². The van der Waals surface area contributed by atoms with Crippen LogP contribution in [0.5, 0.6) is 0 Å². The molecule has 0 fully saturated rings. The highest BCUT2D eigenvalue weighted by Gasteiger charge is 2.53. The molecule has 122 valence electrons. The molecular formula is C18H26O4. The number of hydrogen-bond donors (Lipinski definition) is 0. The lowest BCUT2D eigenvalue weighted by Crippen LogP contribution is -2.51. The maximum absolute atomic E-state index is 11.9. The van der Waals surface area contributed by atoms with Gasteiger partial charge < -0.3 is 14.2 Å². The Morgan fingerprint density at radius 2 is 1.59 bits per heavy atom. The van der Waals surface area contributed by atoms with Crippen LogP contribution in [0.2, 0.25) is 0 Å². The summed E-state index contributed by atoms with van der Waals surface area (Å²) in [5, 5.41) is 0. The van der Waals surface area contributed by atoms with Gasteiger partial charge >= 0.3 is 11.9 Å². The summed E-state index contributed by atoms with van der Waals surface area (Å²) in [6, 6.07) is 0. The molecule has 0 saturated carbocycles. The number of esters is 1. The number of allylic oxidation sites excluding steroid dienone is 4. The molecule has 0 aromatic rings. The number of carbonyl (C=O) groups excluding carboxylic acids is 1. The molecular weight excluding hydrogens is 280 g/mol. The van der Waals surface area contributed by atoms with Gasteiger partial charge in [-0.3, -0.25) is 0 Å². The van der Waals surface area contributed by atoms with Crippen LogP contribution in [0.4, 0.5) is 0 Å². The Morgan fingerprint density at radius 1 is 1.09 bits per heavy atom. The minimum Gasteiger partial charge on any atom is -0.425 e. The predicted octanol–water partition coefficient (Wildman–Crippen LogP) is 4.58.